The van der Waals surface area contributed by atoms with Gasteiger partial charge in [-0.05, 0) is 36.4 Å². The van der Waals surface area contributed by atoms with Crippen LogP contribution < -0.4 is 31.6 Å². The van der Waals surface area contributed by atoms with Gasteiger partial charge in [-0.1, -0.05) is 23.7 Å². The largest absolute Gasteiger partial charge is 0.486 e. The van der Waals surface area contributed by atoms with Crippen LogP contribution >= 0.6 is 22.7 Å². The van der Waals surface area contributed by atoms with E-state index in [0.717, 1.165) is 0 Å². The fourth-order valence-electron chi connectivity index (χ4n) is 5.84. The van der Waals surface area contributed by atoms with Crippen LogP contribution in [0.15, 0.2) is 36.4 Å². The Morgan fingerprint density at radius 1 is 0.714 bits per heavy atom. The van der Waals surface area contributed by atoms with Crippen LogP contribution in [-0.4, -0.2) is 81.3 Å². The lowest BCUT2D eigenvalue weighted by molar-refractivity contribution is -0.130. The van der Waals surface area contributed by atoms with Gasteiger partial charge in [-0.15, -0.1) is 22.7 Å². The topological polar surface area (TPSA) is 229 Å². The van der Waals surface area contributed by atoms with Crippen molar-refractivity contribution in [3.63, 3.8) is 0 Å². The molecule has 8 rings (SSSR count). The molecule has 14 nitrogen and oxygen atoms in total. The molecule has 0 radical (unpaired) electrons. The van der Waals surface area contributed by atoms with Crippen LogP contribution in [0.5, 0.6) is 11.5 Å². The molecule has 4 amide bonds. The summed E-state index contributed by atoms with van der Waals surface area (Å²) in [7, 11) is 0. The highest BCUT2D eigenvalue weighted by atomic mass is 32.1. The predicted octanol–water partition coefficient (Wildman–Crippen LogP) is 1.99. The summed E-state index contributed by atoms with van der Waals surface area (Å²) in [6, 6.07) is 8.87. The highest BCUT2D eigenvalue weighted by molar-refractivity contribution is 7.14. The number of fused-ring (bicyclic) bond motifs is 6. The Bertz CT molecular complexity index is 2310. The average molecular weight is 811 g/mol. The van der Waals surface area contributed by atoms with Crippen LogP contribution in [0.1, 0.15) is 53.3 Å². The number of ether oxygens (including phenoxy) is 2. The van der Waals surface area contributed by atoms with Gasteiger partial charge in [-0.3, -0.25) is 19.2 Å². The number of amides is 4. The lowest BCUT2D eigenvalue weighted by Crippen LogP contribution is -2.36. The number of halogens is 4. The van der Waals surface area contributed by atoms with Crippen LogP contribution in [0.25, 0.3) is 22.5 Å². The Labute approximate surface area is 321 Å². The molecule has 288 valence electrons. The lowest BCUT2D eigenvalue weighted by atomic mass is 10.0. The molecule has 2 atom stereocenters. The Morgan fingerprint density at radius 2 is 1.11 bits per heavy atom. The molecule has 56 heavy (non-hydrogen) atoms. The third-order valence-electron chi connectivity index (χ3n) is 8.75. The number of nitrogens with zero attached hydrogens (tertiary/aromatic N) is 2. The molecular weight excluding hydrogens is 785 g/mol. The third-order valence-corrected chi connectivity index (χ3v) is 11.1. The van der Waals surface area contributed by atoms with Gasteiger partial charge in [-0.2, -0.15) is 17.6 Å². The van der Waals surface area contributed by atoms with Crippen LogP contribution in [0.3, 0.4) is 0 Å². The van der Waals surface area contributed by atoms with E-state index in [2.05, 4.69) is 44.3 Å². The molecule has 2 fully saturated rings. The number of aromatic nitrogens is 2. The first-order valence-electron chi connectivity index (χ1n) is 16.4. The second-order valence-corrected chi connectivity index (χ2v) is 14.8. The second kappa shape index (κ2) is 13.9. The molecular formula is C36H26F4N6O8S2. The molecule has 4 aliphatic rings. The van der Waals surface area contributed by atoms with Gasteiger partial charge >= 0.3 is 11.8 Å². The molecule has 2 aromatic carbocycles. The smallest absolute Gasteiger partial charge is 0.317 e. The van der Waals surface area contributed by atoms with E-state index in [9.17, 15) is 47.0 Å². The molecule has 0 saturated carbocycles. The first-order chi connectivity index (χ1) is 26.4. The summed E-state index contributed by atoms with van der Waals surface area (Å²) in [5, 5.41) is 25.0. The fourth-order valence-corrected chi connectivity index (χ4v) is 7.62. The summed E-state index contributed by atoms with van der Waals surface area (Å²) in [6.45, 7) is -1.18. The van der Waals surface area contributed by atoms with Crippen LogP contribution in [0.2, 0.25) is 0 Å². The average Bonchev–Trinajstić information content (AvgIpc) is 3.93. The molecule has 20 heteroatoms. The molecule has 6 heterocycles. The number of aliphatic hydroxyl groups is 2. The highest BCUT2D eigenvalue weighted by Crippen LogP contribution is 2.47. The summed E-state index contributed by atoms with van der Waals surface area (Å²) in [5.41, 5.74) is 7.78. The van der Waals surface area contributed by atoms with E-state index in [1.807, 2.05) is 0 Å². The van der Waals surface area contributed by atoms with Crippen molar-refractivity contribution in [3.05, 3.63) is 67.3 Å². The summed E-state index contributed by atoms with van der Waals surface area (Å²) in [5.74, 6) is 1.09. The number of alkyl halides is 4. The summed E-state index contributed by atoms with van der Waals surface area (Å²) < 4.78 is 68.2. The molecule has 0 bridgehead atoms. The zero-order valence-electron chi connectivity index (χ0n) is 28.4. The predicted molar refractivity (Wildman–Crippen MR) is 190 cm³/mol. The van der Waals surface area contributed by atoms with Gasteiger partial charge in [0.2, 0.25) is 11.2 Å². The SMILES string of the molecule is NC(=O)c1nc2c(s1)C(F)(F)COc1ccc(C#C[C@@]3(O)CCNC3=O)cc1-2.NC(=O)c1nc2c(s1)C(F)(F)COc1ccc(C#C[C@]3(O)CCNC3=O)cc1-2. The van der Waals surface area contributed by atoms with Gasteiger partial charge in [0.25, 0.3) is 23.6 Å². The molecule has 0 unspecified atom stereocenters. The number of hydrogen-bond donors (Lipinski definition) is 6. The molecule has 8 N–H and O–H groups in total. The molecule has 2 saturated heterocycles. The zero-order valence-corrected chi connectivity index (χ0v) is 30.1. The van der Waals surface area contributed by atoms with Gasteiger partial charge in [0.05, 0.1) is 11.4 Å². The second-order valence-electron chi connectivity index (χ2n) is 12.8. The maximum absolute atomic E-state index is 14.4. The minimum absolute atomic E-state index is 0.0997. The van der Waals surface area contributed by atoms with E-state index in [1.54, 1.807) is 0 Å². The molecule has 2 aromatic heterocycles. The molecule has 0 aliphatic carbocycles. The van der Waals surface area contributed by atoms with E-state index in [1.165, 1.54) is 36.4 Å². The summed E-state index contributed by atoms with van der Waals surface area (Å²) >= 11 is 1.04. The quantitative estimate of drug-likeness (QED) is 0.127. The number of nitrogens with two attached hydrogens (primary N) is 2. The van der Waals surface area contributed by atoms with Gasteiger partial charge in [-0.25, -0.2) is 9.97 Å². The number of primary amides is 2. The van der Waals surface area contributed by atoms with Gasteiger partial charge in [0.15, 0.2) is 23.2 Å². The standard InChI is InChI=1S/2C18H13F2N3O4S/c2*19-18(20)8-27-11-2-1-9(3-4-17(26)5-6-22-16(17)25)7-10(11)12-13(18)28-15(23-12)14(21)24/h2*1-2,7,26H,5-6,8H2,(H2,21,24)(H,22,25)/t2*17-/m10/s1. The number of thiazole rings is 2. The molecule has 4 aliphatic heterocycles. The lowest BCUT2D eigenvalue weighted by Gasteiger charge is -2.12. The summed E-state index contributed by atoms with van der Waals surface area (Å²) in [6.07, 6.45) is 0.300. The number of benzene rings is 2. The van der Waals surface area contributed by atoms with Crippen molar-refractivity contribution < 1.29 is 56.4 Å². The van der Waals surface area contributed by atoms with Crippen molar-refractivity contribution in [2.45, 2.75) is 35.9 Å². The number of rotatable bonds is 2. The molecule has 0 spiro atoms. The number of nitrogens with one attached hydrogen (secondary N) is 2. The van der Waals surface area contributed by atoms with Gasteiger partial charge in [0, 0.05) is 48.2 Å². The van der Waals surface area contributed by atoms with E-state index in [4.69, 9.17) is 20.9 Å². The Kier molecular flexibility index (Phi) is 9.49. The van der Waals surface area contributed by atoms with Crippen molar-refractivity contribution in [2.24, 2.45) is 11.5 Å². The van der Waals surface area contributed by atoms with Gasteiger partial charge in [0.1, 0.15) is 21.3 Å². The van der Waals surface area contributed by atoms with E-state index in [-0.39, 0.29) is 56.9 Å². The Morgan fingerprint density at radius 3 is 1.45 bits per heavy atom. The zero-order chi connectivity index (χ0) is 40.2. The first kappa shape index (κ1) is 38.2. The number of carbonyl (C=O) groups is 4. The molecule has 4 aromatic rings. The van der Waals surface area contributed by atoms with Crippen LogP contribution in [0, 0.1) is 23.7 Å². The minimum Gasteiger partial charge on any atom is -0.486 e. The maximum atomic E-state index is 14.4. The fraction of sp³-hybridized carbons (Fsp3) is 0.278. The first-order valence-corrected chi connectivity index (χ1v) is 18.0. The van der Waals surface area contributed by atoms with Crippen LogP contribution in [0.4, 0.5) is 17.6 Å². The van der Waals surface area contributed by atoms with Crippen molar-refractivity contribution in [1.29, 1.82) is 0 Å². The number of hydrogen-bond acceptors (Lipinski definition) is 12. The van der Waals surface area contributed by atoms with E-state index >= 15 is 0 Å². The van der Waals surface area contributed by atoms with Gasteiger partial charge < -0.3 is 41.8 Å². The minimum atomic E-state index is -3.34. The van der Waals surface area contributed by atoms with E-state index in [0.29, 0.717) is 46.9 Å². The highest BCUT2D eigenvalue weighted by Gasteiger charge is 2.44. The summed E-state index contributed by atoms with van der Waals surface area (Å²) in [4.78, 5) is 53.3. The Balaban J connectivity index is 0.000000172. The maximum Gasteiger partial charge on any atom is 0.317 e. The third kappa shape index (κ3) is 7.10. The number of carbonyl (C=O) groups excluding carboxylic acids is 4. The van der Waals surface area contributed by atoms with Crippen LogP contribution in [-0.2, 0) is 21.4 Å². The normalized spacial score (nSPS) is 22.0. The van der Waals surface area contributed by atoms with E-state index < -0.39 is 69.6 Å². The van der Waals surface area contributed by atoms with Crippen molar-refractivity contribution in [2.75, 3.05) is 26.3 Å². The van der Waals surface area contributed by atoms with Crippen molar-refractivity contribution in [1.82, 2.24) is 20.6 Å². The van der Waals surface area contributed by atoms with Crippen molar-refractivity contribution in [3.8, 4) is 57.7 Å². The monoisotopic (exact) mass is 810 g/mol. The van der Waals surface area contributed by atoms with Crippen molar-refractivity contribution >= 4 is 46.3 Å². The Hall–Kier alpha value is -6.06.